The van der Waals surface area contributed by atoms with Crippen LogP contribution in [0.2, 0.25) is 0 Å². The predicted octanol–water partition coefficient (Wildman–Crippen LogP) is 2.67. The Morgan fingerprint density at radius 1 is 1.22 bits per heavy atom. The number of aromatic nitrogens is 2. The lowest BCUT2D eigenvalue weighted by atomic mass is 10.1. The van der Waals surface area contributed by atoms with Crippen LogP contribution in [-0.2, 0) is 11.8 Å². The van der Waals surface area contributed by atoms with E-state index in [0.29, 0.717) is 42.4 Å². The Labute approximate surface area is 160 Å². The molecule has 2 amide bonds. The molecule has 1 aliphatic rings. The number of hydrogen-bond donors (Lipinski definition) is 1. The molecule has 3 aromatic rings. The van der Waals surface area contributed by atoms with Crippen molar-refractivity contribution in [2.45, 2.75) is 6.92 Å². The van der Waals surface area contributed by atoms with Gasteiger partial charge < -0.3 is 15.0 Å². The standard InChI is InChI=1S/C19H20N4O3S/c1-12-14-11-16(27-19(14)22(2)21-12)17(24)20-15-6-4-3-5-13(15)18(25)23-7-9-26-10-8-23/h3-6,11H,7-10H2,1-2H3,(H,20,24). The molecule has 1 saturated heterocycles. The molecule has 3 heterocycles. The van der Waals surface area contributed by atoms with Crippen molar-refractivity contribution in [1.82, 2.24) is 14.7 Å². The van der Waals surface area contributed by atoms with Crippen molar-refractivity contribution in [3.8, 4) is 0 Å². The van der Waals surface area contributed by atoms with Crippen LogP contribution < -0.4 is 5.32 Å². The van der Waals surface area contributed by atoms with Gasteiger partial charge in [-0.2, -0.15) is 5.10 Å². The number of ether oxygens (including phenoxy) is 1. The van der Waals surface area contributed by atoms with Gasteiger partial charge in [-0.25, -0.2) is 0 Å². The number of thiophene rings is 1. The van der Waals surface area contributed by atoms with Gasteiger partial charge in [-0.1, -0.05) is 12.1 Å². The van der Waals surface area contributed by atoms with E-state index in [0.717, 1.165) is 15.9 Å². The molecule has 1 N–H and O–H groups in total. The van der Waals surface area contributed by atoms with Gasteiger partial charge >= 0.3 is 0 Å². The number of rotatable bonds is 3. The number of anilines is 1. The van der Waals surface area contributed by atoms with Gasteiger partial charge in [-0.05, 0) is 25.1 Å². The first-order valence-corrected chi connectivity index (χ1v) is 9.57. The summed E-state index contributed by atoms with van der Waals surface area (Å²) >= 11 is 1.39. The zero-order chi connectivity index (χ0) is 19.0. The van der Waals surface area contributed by atoms with E-state index in [2.05, 4.69) is 10.4 Å². The molecule has 0 spiro atoms. The third-order valence-corrected chi connectivity index (χ3v) is 5.82. The molecule has 4 rings (SSSR count). The molecule has 140 valence electrons. The van der Waals surface area contributed by atoms with Crippen LogP contribution in [0.3, 0.4) is 0 Å². The fraction of sp³-hybridized carbons (Fsp3) is 0.316. The van der Waals surface area contributed by atoms with Crippen LogP contribution in [0.5, 0.6) is 0 Å². The Bertz CT molecular complexity index is 983. The number of amides is 2. The first-order chi connectivity index (χ1) is 13.0. The summed E-state index contributed by atoms with van der Waals surface area (Å²) in [6, 6.07) is 8.96. The average molecular weight is 384 g/mol. The topological polar surface area (TPSA) is 76.5 Å². The Morgan fingerprint density at radius 3 is 2.70 bits per heavy atom. The lowest BCUT2D eigenvalue weighted by molar-refractivity contribution is 0.0303. The lowest BCUT2D eigenvalue weighted by Crippen LogP contribution is -2.41. The fourth-order valence-corrected chi connectivity index (χ4v) is 4.23. The van der Waals surface area contributed by atoms with Gasteiger partial charge in [0.05, 0.1) is 35.0 Å². The molecule has 2 aromatic heterocycles. The Kier molecular flexibility index (Phi) is 4.67. The van der Waals surface area contributed by atoms with Gasteiger partial charge in [0.1, 0.15) is 4.83 Å². The highest BCUT2D eigenvalue weighted by atomic mass is 32.1. The van der Waals surface area contributed by atoms with Gasteiger partial charge in [-0.15, -0.1) is 11.3 Å². The molecule has 0 saturated carbocycles. The summed E-state index contributed by atoms with van der Waals surface area (Å²) in [6.07, 6.45) is 0. The number of para-hydroxylation sites is 1. The number of carbonyl (C=O) groups is 2. The van der Waals surface area contributed by atoms with Gasteiger partial charge in [0.25, 0.3) is 11.8 Å². The van der Waals surface area contributed by atoms with E-state index in [1.165, 1.54) is 11.3 Å². The van der Waals surface area contributed by atoms with Crippen molar-refractivity contribution in [3.63, 3.8) is 0 Å². The average Bonchev–Trinajstić information content (AvgIpc) is 3.24. The minimum Gasteiger partial charge on any atom is -0.378 e. The number of carbonyl (C=O) groups excluding carboxylic acids is 2. The van der Waals surface area contributed by atoms with Crippen molar-refractivity contribution in [2.24, 2.45) is 7.05 Å². The van der Waals surface area contributed by atoms with Gasteiger partial charge in [0.15, 0.2) is 0 Å². The summed E-state index contributed by atoms with van der Waals surface area (Å²) < 4.78 is 7.09. The van der Waals surface area contributed by atoms with Crippen molar-refractivity contribution >= 4 is 39.1 Å². The monoisotopic (exact) mass is 384 g/mol. The number of hydrogen-bond acceptors (Lipinski definition) is 5. The van der Waals surface area contributed by atoms with Gasteiger partial charge in [-0.3, -0.25) is 14.3 Å². The van der Waals surface area contributed by atoms with Crippen LogP contribution in [0.1, 0.15) is 25.7 Å². The normalized spacial score (nSPS) is 14.5. The number of nitrogens with zero attached hydrogens (tertiary/aromatic N) is 3. The van der Waals surface area contributed by atoms with Crippen LogP contribution in [0, 0.1) is 6.92 Å². The molecule has 1 aromatic carbocycles. The maximum absolute atomic E-state index is 12.8. The van der Waals surface area contributed by atoms with E-state index in [1.807, 2.05) is 26.1 Å². The maximum Gasteiger partial charge on any atom is 0.265 e. The van der Waals surface area contributed by atoms with E-state index >= 15 is 0 Å². The molecule has 7 nitrogen and oxygen atoms in total. The van der Waals surface area contributed by atoms with Crippen molar-refractivity contribution in [3.05, 3.63) is 46.5 Å². The molecule has 0 bridgehead atoms. The number of nitrogens with one attached hydrogen (secondary N) is 1. The quantitative estimate of drug-likeness (QED) is 0.753. The zero-order valence-corrected chi connectivity index (χ0v) is 16.0. The van der Waals surface area contributed by atoms with Crippen LogP contribution >= 0.6 is 11.3 Å². The fourth-order valence-electron chi connectivity index (χ4n) is 3.22. The van der Waals surface area contributed by atoms with Crippen molar-refractivity contribution < 1.29 is 14.3 Å². The molecule has 1 aliphatic heterocycles. The smallest absolute Gasteiger partial charge is 0.265 e. The van der Waals surface area contributed by atoms with E-state index in [1.54, 1.807) is 27.8 Å². The first kappa shape index (κ1) is 17.7. The Hall–Kier alpha value is -2.71. The number of fused-ring (bicyclic) bond motifs is 1. The second-order valence-electron chi connectivity index (χ2n) is 6.44. The van der Waals surface area contributed by atoms with E-state index < -0.39 is 0 Å². The summed E-state index contributed by atoms with van der Waals surface area (Å²) in [5, 5.41) is 8.24. The van der Waals surface area contributed by atoms with E-state index in [9.17, 15) is 9.59 Å². The minimum absolute atomic E-state index is 0.0921. The molecule has 0 radical (unpaired) electrons. The number of aryl methyl sites for hydroxylation is 2. The molecule has 0 atom stereocenters. The Balaban J connectivity index is 1.59. The number of morpholine rings is 1. The largest absolute Gasteiger partial charge is 0.378 e. The highest BCUT2D eigenvalue weighted by Gasteiger charge is 2.22. The van der Waals surface area contributed by atoms with Crippen LogP contribution in [-0.4, -0.2) is 52.8 Å². The summed E-state index contributed by atoms with van der Waals surface area (Å²) in [7, 11) is 1.86. The van der Waals surface area contributed by atoms with Crippen LogP contribution in [0.25, 0.3) is 10.2 Å². The van der Waals surface area contributed by atoms with E-state index in [-0.39, 0.29) is 11.8 Å². The summed E-state index contributed by atoms with van der Waals surface area (Å²) in [5.41, 5.74) is 1.91. The van der Waals surface area contributed by atoms with Crippen LogP contribution in [0.4, 0.5) is 5.69 Å². The molecule has 0 unspecified atom stereocenters. The Morgan fingerprint density at radius 2 is 1.96 bits per heavy atom. The zero-order valence-electron chi connectivity index (χ0n) is 15.2. The summed E-state index contributed by atoms with van der Waals surface area (Å²) in [5.74, 6) is -0.316. The second kappa shape index (κ2) is 7.13. The van der Waals surface area contributed by atoms with E-state index in [4.69, 9.17) is 4.74 Å². The summed E-state index contributed by atoms with van der Waals surface area (Å²) in [6.45, 7) is 4.12. The maximum atomic E-state index is 12.8. The molecule has 0 aliphatic carbocycles. The highest BCUT2D eigenvalue weighted by Crippen LogP contribution is 2.28. The van der Waals surface area contributed by atoms with Crippen molar-refractivity contribution in [2.75, 3.05) is 31.6 Å². The molecule has 1 fully saturated rings. The first-order valence-electron chi connectivity index (χ1n) is 8.75. The third-order valence-electron chi connectivity index (χ3n) is 4.62. The number of benzene rings is 1. The predicted molar refractivity (Wildman–Crippen MR) is 104 cm³/mol. The SMILES string of the molecule is Cc1nn(C)c2sc(C(=O)Nc3ccccc3C(=O)N3CCOCC3)cc12. The summed E-state index contributed by atoms with van der Waals surface area (Å²) in [4.78, 5) is 28.9. The highest BCUT2D eigenvalue weighted by molar-refractivity contribution is 7.20. The van der Waals surface area contributed by atoms with Crippen LogP contribution in [0.15, 0.2) is 30.3 Å². The molecular weight excluding hydrogens is 364 g/mol. The third kappa shape index (κ3) is 3.33. The molecule has 27 heavy (non-hydrogen) atoms. The lowest BCUT2D eigenvalue weighted by Gasteiger charge is -2.27. The minimum atomic E-state index is -0.224. The van der Waals surface area contributed by atoms with Crippen molar-refractivity contribution in [1.29, 1.82) is 0 Å². The van der Waals surface area contributed by atoms with Gasteiger partial charge in [0.2, 0.25) is 0 Å². The molecule has 8 heteroatoms. The molecular formula is C19H20N4O3S. The second-order valence-corrected chi connectivity index (χ2v) is 7.47. The van der Waals surface area contributed by atoms with Gasteiger partial charge in [0, 0.05) is 25.5 Å².